The number of hydrogen-bond donors (Lipinski definition) is 2. The van der Waals surface area contributed by atoms with Crippen molar-refractivity contribution in [1.82, 2.24) is 0 Å². The summed E-state index contributed by atoms with van der Waals surface area (Å²) in [6.45, 7) is 0. The molecule has 1 rings (SSSR count). The first-order valence-corrected chi connectivity index (χ1v) is 3.78. The molecule has 6 heteroatoms. The van der Waals surface area contributed by atoms with Crippen molar-refractivity contribution in [3.8, 4) is 6.07 Å². The maximum atomic E-state index is 13.0. The number of hydrogen-bond acceptors (Lipinski definition) is 3. The van der Waals surface area contributed by atoms with Crippen molar-refractivity contribution in [2.45, 2.75) is 6.10 Å². The zero-order valence-corrected chi connectivity index (χ0v) is 7.24. The number of benzene rings is 1. The summed E-state index contributed by atoms with van der Waals surface area (Å²) in [4.78, 5) is 10.4. The average molecular weight is 213 g/mol. The van der Waals surface area contributed by atoms with Gasteiger partial charge in [-0.15, -0.1) is 0 Å². The Labute approximate surface area is 83.0 Å². The van der Waals surface area contributed by atoms with Crippen LogP contribution < -0.4 is 0 Å². The van der Waals surface area contributed by atoms with Crippen LogP contribution in [0.3, 0.4) is 0 Å². The fraction of sp³-hybridized carbons (Fsp3) is 0.111. The zero-order valence-electron chi connectivity index (χ0n) is 7.24. The molecule has 0 aliphatic rings. The Balaban J connectivity index is 3.39. The van der Waals surface area contributed by atoms with Gasteiger partial charge in [0, 0.05) is 5.56 Å². The molecule has 0 spiro atoms. The van der Waals surface area contributed by atoms with Crippen LogP contribution in [0.1, 0.15) is 17.2 Å². The van der Waals surface area contributed by atoms with Crippen molar-refractivity contribution < 1.29 is 23.8 Å². The molecule has 78 valence electrons. The van der Waals surface area contributed by atoms with Crippen molar-refractivity contribution in [3.05, 3.63) is 34.9 Å². The molecule has 1 aromatic carbocycles. The van der Waals surface area contributed by atoms with Crippen molar-refractivity contribution >= 4 is 5.97 Å². The van der Waals surface area contributed by atoms with Gasteiger partial charge >= 0.3 is 5.97 Å². The second-order valence-electron chi connectivity index (χ2n) is 2.68. The molecule has 1 unspecified atom stereocenters. The van der Waals surface area contributed by atoms with E-state index in [4.69, 9.17) is 15.5 Å². The molecule has 2 N–H and O–H groups in total. The average Bonchev–Trinajstić information content (AvgIpc) is 2.20. The smallest absolute Gasteiger partial charge is 0.337 e. The van der Waals surface area contributed by atoms with Crippen LogP contribution in [0, 0.1) is 23.0 Å². The lowest BCUT2D eigenvalue weighted by molar-refractivity contribution is -0.147. The third-order valence-electron chi connectivity index (χ3n) is 1.77. The Hall–Kier alpha value is -2.00. The van der Waals surface area contributed by atoms with Gasteiger partial charge in [0.25, 0.3) is 0 Å². The number of nitrogens with zero attached hydrogens (tertiary/aromatic N) is 1. The van der Waals surface area contributed by atoms with Crippen LogP contribution in [0.2, 0.25) is 0 Å². The van der Waals surface area contributed by atoms with Crippen LogP contribution in [-0.2, 0) is 4.79 Å². The van der Waals surface area contributed by atoms with Gasteiger partial charge in [0.2, 0.25) is 0 Å². The summed E-state index contributed by atoms with van der Waals surface area (Å²) in [6, 6.07) is 2.81. The molecular formula is C9H5F2NO3. The molecule has 0 amide bonds. The summed E-state index contributed by atoms with van der Waals surface area (Å²) >= 11 is 0. The molecule has 0 saturated heterocycles. The summed E-state index contributed by atoms with van der Waals surface area (Å²) in [5.41, 5.74) is -1.27. The van der Waals surface area contributed by atoms with E-state index in [1.807, 2.05) is 0 Å². The van der Waals surface area contributed by atoms with Crippen LogP contribution >= 0.6 is 0 Å². The second-order valence-corrected chi connectivity index (χ2v) is 2.68. The maximum Gasteiger partial charge on any atom is 0.337 e. The molecule has 0 heterocycles. The van der Waals surface area contributed by atoms with E-state index in [1.54, 1.807) is 0 Å². The molecule has 15 heavy (non-hydrogen) atoms. The van der Waals surface area contributed by atoms with E-state index in [9.17, 15) is 13.6 Å². The largest absolute Gasteiger partial charge is 0.479 e. The van der Waals surface area contributed by atoms with Gasteiger partial charge in [-0.2, -0.15) is 5.26 Å². The normalized spacial score (nSPS) is 11.9. The van der Waals surface area contributed by atoms with E-state index < -0.39 is 34.8 Å². The molecule has 0 aliphatic heterocycles. The van der Waals surface area contributed by atoms with Crippen LogP contribution in [0.5, 0.6) is 0 Å². The highest BCUT2D eigenvalue weighted by molar-refractivity contribution is 5.75. The molecule has 0 bridgehead atoms. The highest BCUT2D eigenvalue weighted by Crippen LogP contribution is 2.22. The first-order chi connectivity index (χ1) is 6.99. The fourth-order valence-corrected chi connectivity index (χ4v) is 1.04. The van der Waals surface area contributed by atoms with Gasteiger partial charge in [-0.25, -0.2) is 13.6 Å². The first-order valence-electron chi connectivity index (χ1n) is 3.78. The van der Waals surface area contributed by atoms with Crippen LogP contribution in [0.15, 0.2) is 12.1 Å². The van der Waals surface area contributed by atoms with Crippen molar-refractivity contribution in [2.24, 2.45) is 0 Å². The van der Waals surface area contributed by atoms with E-state index in [1.165, 1.54) is 6.07 Å². The molecule has 0 radical (unpaired) electrons. The lowest BCUT2D eigenvalue weighted by Gasteiger charge is -2.08. The van der Waals surface area contributed by atoms with Gasteiger partial charge in [-0.3, -0.25) is 0 Å². The van der Waals surface area contributed by atoms with Crippen molar-refractivity contribution in [2.75, 3.05) is 0 Å². The van der Waals surface area contributed by atoms with Crippen LogP contribution in [0.4, 0.5) is 8.78 Å². The number of aliphatic hydroxyl groups excluding tert-OH is 1. The molecule has 1 aromatic rings. The van der Waals surface area contributed by atoms with E-state index in [-0.39, 0.29) is 0 Å². The summed E-state index contributed by atoms with van der Waals surface area (Å²) in [7, 11) is 0. The second kappa shape index (κ2) is 4.02. The van der Waals surface area contributed by atoms with Crippen molar-refractivity contribution in [3.63, 3.8) is 0 Å². The van der Waals surface area contributed by atoms with Crippen molar-refractivity contribution in [1.29, 1.82) is 5.26 Å². The highest BCUT2D eigenvalue weighted by atomic mass is 19.2. The first kappa shape index (κ1) is 11.1. The Bertz CT molecular complexity index is 453. The number of carboxylic acid groups (broad SMARTS) is 1. The standard InChI is InChI=1S/C9H5F2NO3/c10-6-2-1-4(8(13)9(14)15)5(3-12)7(6)11/h1-2,8,13H,(H,14,15). The minimum Gasteiger partial charge on any atom is -0.479 e. The Kier molecular flexibility index (Phi) is 2.97. The molecule has 0 aromatic heterocycles. The molecule has 1 atom stereocenters. The number of aliphatic hydroxyl groups is 1. The van der Waals surface area contributed by atoms with E-state index >= 15 is 0 Å². The number of rotatable bonds is 2. The van der Waals surface area contributed by atoms with E-state index in [2.05, 4.69) is 0 Å². The molecule has 0 aliphatic carbocycles. The van der Waals surface area contributed by atoms with Gasteiger partial charge in [0.15, 0.2) is 17.7 Å². The predicted octanol–water partition coefficient (Wildman–Crippen LogP) is 0.954. The fourth-order valence-electron chi connectivity index (χ4n) is 1.04. The Morgan fingerprint density at radius 3 is 2.53 bits per heavy atom. The number of carbonyl (C=O) groups is 1. The third-order valence-corrected chi connectivity index (χ3v) is 1.77. The molecular weight excluding hydrogens is 208 g/mol. The number of halogens is 2. The lowest BCUT2D eigenvalue weighted by Crippen LogP contribution is -2.13. The Morgan fingerprint density at radius 1 is 1.47 bits per heavy atom. The van der Waals surface area contributed by atoms with E-state index in [0.29, 0.717) is 6.07 Å². The van der Waals surface area contributed by atoms with Gasteiger partial charge in [-0.05, 0) is 6.07 Å². The molecule has 0 saturated carbocycles. The van der Waals surface area contributed by atoms with Crippen LogP contribution in [0.25, 0.3) is 0 Å². The Morgan fingerprint density at radius 2 is 2.07 bits per heavy atom. The summed E-state index contributed by atoms with van der Waals surface area (Å²) in [6.07, 6.45) is -2.05. The van der Waals surface area contributed by atoms with Gasteiger partial charge in [0.05, 0.1) is 5.56 Å². The summed E-state index contributed by atoms with van der Waals surface area (Å²) in [5.74, 6) is -4.37. The highest BCUT2D eigenvalue weighted by Gasteiger charge is 2.23. The monoisotopic (exact) mass is 213 g/mol. The third kappa shape index (κ3) is 1.92. The van der Waals surface area contributed by atoms with Gasteiger partial charge < -0.3 is 10.2 Å². The van der Waals surface area contributed by atoms with Gasteiger partial charge in [0.1, 0.15) is 6.07 Å². The number of aliphatic carboxylic acids is 1. The molecule has 4 nitrogen and oxygen atoms in total. The maximum absolute atomic E-state index is 13.0. The SMILES string of the molecule is N#Cc1c(C(O)C(=O)O)ccc(F)c1F. The minimum atomic E-state index is -2.05. The molecule has 0 fully saturated rings. The number of nitriles is 1. The number of carboxylic acids is 1. The summed E-state index contributed by atoms with van der Waals surface area (Å²) < 4.78 is 25.6. The zero-order chi connectivity index (χ0) is 11.6. The quantitative estimate of drug-likeness (QED) is 0.766. The lowest BCUT2D eigenvalue weighted by atomic mass is 10.0. The predicted molar refractivity (Wildman–Crippen MR) is 43.7 cm³/mol. The van der Waals surface area contributed by atoms with E-state index in [0.717, 1.165) is 6.07 Å². The minimum absolute atomic E-state index is 0.469. The summed E-state index contributed by atoms with van der Waals surface area (Å²) in [5, 5.41) is 26.0. The topological polar surface area (TPSA) is 81.3 Å². The van der Waals surface area contributed by atoms with Gasteiger partial charge in [-0.1, -0.05) is 6.07 Å². The van der Waals surface area contributed by atoms with Crippen LogP contribution in [-0.4, -0.2) is 16.2 Å².